The molecule has 2 atom stereocenters. The summed E-state index contributed by atoms with van der Waals surface area (Å²) in [5, 5.41) is 3.07. The van der Waals surface area contributed by atoms with Gasteiger partial charge in [0.15, 0.2) is 4.90 Å². The molecule has 1 fully saturated rings. The molecular formula is C12H15F3N2O2S. The molecule has 0 aliphatic carbocycles. The molecule has 2 rings (SSSR count). The molecule has 0 amide bonds. The summed E-state index contributed by atoms with van der Waals surface area (Å²) < 4.78 is 66.3. The lowest BCUT2D eigenvalue weighted by atomic mass is 10.0. The van der Waals surface area contributed by atoms with Gasteiger partial charge in [-0.3, -0.25) is 0 Å². The Morgan fingerprint density at radius 3 is 2.40 bits per heavy atom. The van der Waals surface area contributed by atoms with Crippen molar-refractivity contribution in [1.29, 1.82) is 0 Å². The zero-order valence-corrected chi connectivity index (χ0v) is 11.6. The van der Waals surface area contributed by atoms with Crippen LogP contribution in [0.25, 0.3) is 0 Å². The first-order chi connectivity index (χ1) is 9.31. The minimum Gasteiger partial charge on any atom is -0.313 e. The Kier molecular flexibility index (Phi) is 4.36. The van der Waals surface area contributed by atoms with Crippen LogP contribution in [0.2, 0.25) is 0 Å². The highest BCUT2D eigenvalue weighted by atomic mass is 32.2. The third kappa shape index (κ3) is 3.13. The lowest BCUT2D eigenvalue weighted by Crippen LogP contribution is -2.52. The molecule has 20 heavy (non-hydrogen) atoms. The van der Waals surface area contributed by atoms with Gasteiger partial charge in [-0.1, -0.05) is 0 Å². The summed E-state index contributed by atoms with van der Waals surface area (Å²) in [5.41, 5.74) is 0. The lowest BCUT2D eigenvalue weighted by molar-refractivity contribution is 0.347. The average molecular weight is 308 g/mol. The summed E-state index contributed by atoms with van der Waals surface area (Å²) in [7, 11) is -4.38. The predicted molar refractivity (Wildman–Crippen MR) is 67.1 cm³/mol. The van der Waals surface area contributed by atoms with Crippen molar-refractivity contribution in [2.45, 2.75) is 36.7 Å². The van der Waals surface area contributed by atoms with E-state index in [1.165, 1.54) is 0 Å². The largest absolute Gasteiger partial charge is 0.313 e. The molecule has 1 aromatic rings. The van der Waals surface area contributed by atoms with Crippen molar-refractivity contribution in [2.75, 3.05) is 6.54 Å². The third-order valence-corrected chi connectivity index (χ3v) is 4.84. The van der Waals surface area contributed by atoms with E-state index in [1.54, 1.807) is 6.92 Å². The van der Waals surface area contributed by atoms with Crippen LogP contribution in [0.15, 0.2) is 17.0 Å². The minimum absolute atomic E-state index is 0.148. The summed E-state index contributed by atoms with van der Waals surface area (Å²) in [4.78, 5) is -1.14. The fourth-order valence-electron chi connectivity index (χ4n) is 2.25. The number of hydrogen-bond donors (Lipinski definition) is 2. The monoisotopic (exact) mass is 308 g/mol. The van der Waals surface area contributed by atoms with E-state index in [-0.39, 0.29) is 6.04 Å². The molecular weight excluding hydrogens is 293 g/mol. The van der Waals surface area contributed by atoms with Crippen molar-refractivity contribution in [3.63, 3.8) is 0 Å². The number of rotatable bonds is 3. The van der Waals surface area contributed by atoms with E-state index < -0.39 is 38.4 Å². The lowest BCUT2D eigenvalue weighted by Gasteiger charge is -2.30. The van der Waals surface area contributed by atoms with E-state index in [9.17, 15) is 21.6 Å². The minimum atomic E-state index is -4.38. The SMILES string of the molecule is CC1NCCCC1NS(=O)(=O)c1c(F)cc(F)cc1F. The zero-order chi connectivity index (χ0) is 14.9. The second kappa shape index (κ2) is 5.71. The van der Waals surface area contributed by atoms with Gasteiger partial charge >= 0.3 is 0 Å². The molecule has 1 aromatic carbocycles. The van der Waals surface area contributed by atoms with Crippen LogP contribution < -0.4 is 10.0 Å². The number of benzene rings is 1. The van der Waals surface area contributed by atoms with Crippen LogP contribution in [0.5, 0.6) is 0 Å². The van der Waals surface area contributed by atoms with E-state index in [4.69, 9.17) is 0 Å². The van der Waals surface area contributed by atoms with E-state index in [2.05, 4.69) is 10.0 Å². The van der Waals surface area contributed by atoms with Crippen LogP contribution >= 0.6 is 0 Å². The van der Waals surface area contributed by atoms with Crippen LogP contribution in [0.4, 0.5) is 13.2 Å². The molecule has 112 valence electrons. The van der Waals surface area contributed by atoms with Gasteiger partial charge in [-0.25, -0.2) is 26.3 Å². The molecule has 8 heteroatoms. The fourth-order valence-corrected chi connectivity index (χ4v) is 3.72. The van der Waals surface area contributed by atoms with E-state index >= 15 is 0 Å². The first-order valence-corrected chi connectivity index (χ1v) is 7.70. The Balaban J connectivity index is 2.31. The van der Waals surface area contributed by atoms with Gasteiger partial charge in [0.05, 0.1) is 0 Å². The summed E-state index contributed by atoms with van der Waals surface area (Å²) in [6.07, 6.45) is 1.32. The first kappa shape index (κ1) is 15.3. The number of piperidine rings is 1. The fraction of sp³-hybridized carbons (Fsp3) is 0.500. The maximum atomic E-state index is 13.5. The van der Waals surface area contributed by atoms with Gasteiger partial charge < -0.3 is 5.32 Å². The van der Waals surface area contributed by atoms with Crippen molar-refractivity contribution in [3.8, 4) is 0 Å². The van der Waals surface area contributed by atoms with Gasteiger partial charge in [0.2, 0.25) is 10.0 Å². The van der Waals surface area contributed by atoms with Gasteiger partial charge in [0.25, 0.3) is 0 Å². The van der Waals surface area contributed by atoms with Crippen LogP contribution in [0.3, 0.4) is 0 Å². The highest BCUT2D eigenvalue weighted by Gasteiger charge is 2.30. The molecule has 2 unspecified atom stereocenters. The molecule has 0 bridgehead atoms. The van der Waals surface area contributed by atoms with E-state index in [0.717, 1.165) is 13.0 Å². The van der Waals surface area contributed by atoms with Gasteiger partial charge in [-0.05, 0) is 26.3 Å². The van der Waals surface area contributed by atoms with Gasteiger partial charge in [-0.15, -0.1) is 0 Å². The Bertz CT molecular complexity index is 584. The molecule has 0 aromatic heterocycles. The predicted octanol–water partition coefficient (Wildman–Crippen LogP) is 1.52. The number of nitrogens with one attached hydrogen (secondary N) is 2. The van der Waals surface area contributed by atoms with Crippen LogP contribution in [0, 0.1) is 17.5 Å². The summed E-state index contributed by atoms with van der Waals surface area (Å²) in [5.74, 6) is -4.04. The second-order valence-electron chi connectivity index (χ2n) is 4.81. The summed E-state index contributed by atoms with van der Waals surface area (Å²) in [6.45, 7) is 2.54. The highest BCUT2D eigenvalue weighted by molar-refractivity contribution is 7.89. The van der Waals surface area contributed by atoms with E-state index in [1.807, 2.05) is 0 Å². The van der Waals surface area contributed by atoms with Gasteiger partial charge in [0, 0.05) is 24.2 Å². The van der Waals surface area contributed by atoms with Crippen molar-refractivity contribution in [1.82, 2.24) is 10.0 Å². The topological polar surface area (TPSA) is 58.2 Å². The molecule has 1 heterocycles. The maximum absolute atomic E-state index is 13.5. The summed E-state index contributed by atoms with van der Waals surface area (Å²) >= 11 is 0. The van der Waals surface area contributed by atoms with Gasteiger partial charge in [0.1, 0.15) is 17.5 Å². The quantitative estimate of drug-likeness (QED) is 0.890. The van der Waals surface area contributed by atoms with Crippen LogP contribution in [-0.4, -0.2) is 27.0 Å². The molecule has 1 saturated heterocycles. The highest BCUT2D eigenvalue weighted by Crippen LogP contribution is 2.21. The van der Waals surface area contributed by atoms with Crippen molar-refractivity contribution < 1.29 is 21.6 Å². The number of halogens is 3. The van der Waals surface area contributed by atoms with Gasteiger partial charge in [-0.2, -0.15) is 0 Å². The Hall–Kier alpha value is -1.12. The molecule has 0 radical (unpaired) electrons. The van der Waals surface area contributed by atoms with Crippen molar-refractivity contribution in [2.24, 2.45) is 0 Å². The van der Waals surface area contributed by atoms with Crippen LogP contribution in [-0.2, 0) is 10.0 Å². The third-order valence-electron chi connectivity index (χ3n) is 3.30. The smallest absolute Gasteiger partial charge is 0.246 e. The average Bonchev–Trinajstić information content (AvgIpc) is 2.30. The zero-order valence-electron chi connectivity index (χ0n) is 10.8. The number of hydrogen-bond acceptors (Lipinski definition) is 3. The Labute approximate surface area is 115 Å². The molecule has 0 saturated carbocycles. The van der Waals surface area contributed by atoms with Crippen molar-refractivity contribution in [3.05, 3.63) is 29.6 Å². The normalized spacial score (nSPS) is 23.8. The Morgan fingerprint density at radius 2 is 1.85 bits per heavy atom. The van der Waals surface area contributed by atoms with E-state index in [0.29, 0.717) is 18.6 Å². The maximum Gasteiger partial charge on any atom is 0.246 e. The standard InChI is InChI=1S/C12H15F3N2O2S/c1-7-11(3-2-4-16-7)17-20(18,19)12-9(14)5-8(13)6-10(12)15/h5-7,11,16-17H,2-4H2,1H3. The molecule has 4 nitrogen and oxygen atoms in total. The molecule has 0 spiro atoms. The van der Waals surface area contributed by atoms with Crippen LogP contribution in [0.1, 0.15) is 19.8 Å². The summed E-state index contributed by atoms with van der Waals surface area (Å²) in [6, 6.07) is 0.0862. The Morgan fingerprint density at radius 1 is 1.25 bits per heavy atom. The number of sulfonamides is 1. The molecule has 2 N–H and O–H groups in total. The molecule has 1 aliphatic rings. The molecule has 1 aliphatic heterocycles. The van der Waals surface area contributed by atoms with Crippen molar-refractivity contribution >= 4 is 10.0 Å². The first-order valence-electron chi connectivity index (χ1n) is 6.21. The second-order valence-corrected chi connectivity index (χ2v) is 6.46.